The van der Waals surface area contributed by atoms with Gasteiger partial charge in [-0.2, -0.15) is 13.2 Å². The van der Waals surface area contributed by atoms with Crippen LogP contribution in [0.15, 0.2) is 24.3 Å². The quantitative estimate of drug-likeness (QED) is 0.730. The summed E-state index contributed by atoms with van der Waals surface area (Å²) in [7, 11) is 0. The molecule has 1 aromatic carbocycles. The molecule has 0 bridgehead atoms. The predicted molar refractivity (Wildman–Crippen MR) is 64.8 cm³/mol. The fourth-order valence-electron chi connectivity index (χ4n) is 1.34. The van der Waals surface area contributed by atoms with Crippen molar-refractivity contribution in [2.45, 2.75) is 19.2 Å². The molecule has 3 N–H and O–H groups in total. The van der Waals surface area contributed by atoms with E-state index in [4.69, 9.17) is 5.11 Å². The number of halogens is 3. The van der Waals surface area contributed by atoms with Gasteiger partial charge in [0.2, 0.25) is 0 Å². The monoisotopic (exact) mass is 290 g/mol. The topological polar surface area (TPSA) is 78.4 Å². The Bertz CT molecular complexity index is 501. The zero-order valence-corrected chi connectivity index (χ0v) is 10.5. The van der Waals surface area contributed by atoms with E-state index < -0.39 is 35.3 Å². The first-order chi connectivity index (χ1) is 9.21. The van der Waals surface area contributed by atoms with Crippen LogP contribution in [-0.4, -0.2) is 29.6 Å². The molecule has 8 heteroatoms. The molecule has 0 aliphatic carbocycles. The standard InChI is InChI=1S/C12H13F3N2O3/c1-7(18)6-16-10(19)11(20)17-9-5-3-2-4-8(9)12(13,14)15/h2-5,7,18H,6H2,1H3,(H,16,19)(H,17,20)/t7-/m0/s1. The first-order valence-electron chi connectivity index (χ1n) is 5.65. The average molecular weight is 290 g/mol. The molecule has 1 atom stereocenters. The predicted octanol–water partition coefficient (Wildman–Crippen LogP) is 1.14. The van der Waals surface area contributed by atoms with Crippen LogP contribution in [0.1, 0.15) is 12.5 Å². The summed E-state index contributed by atoms with van der Waals surface area (Å²) in [6.07, 6.45) is -5.51. The van der Waals surface area contributed by atoms with E-state index in [-0.39, 0.29) is 6.54 Å². The van der Waals surface area contributed by atoms with Crippen LogP contribution in [0.4, 0.5) is 18.9 Å². The van der Waals surface area contributed by atoms with Crippen molar-refractivity contribution in [1.82, 2.24) is 5.32 Å². The van der Waals surface area contributed by atoms with Crippen LogP contribution < -0.4 is 10.6 Å². The minimum Gasteiger partial charge on any atom is -0.392 e. The fraction of sp³-hybridized carbons (Fsp3) is 0.333. The molecule has 0 spiro atoms. The van der Waals surface area contributed by atoms with E-state index >= 15 is 0 Å². The summed E-state index contributed by atoms with van der Waals surface area (Å²) >= 11 is 0. The molecule has 0 fully saturated rings. The summed E-state index contributed by atoms with van der Waals surface area (Å²) in [5.74, 6) is -2.36. The molecule has 5 nitrogen and oxygen atoms in total. The second kappa shape index (κ2) is 6.38. The molecule has 20 heavy (non-hydrogen) atoms. The summed E-state index contributed by atoms with van der Waals surface area (Å²) in [6, 6.07) is 4.32. The lowest BCUT2D eigenvalue weighted by molar-refractivity contribution is -0.138. The number of benzene rings is 1. The molecule has 2 amide bonds. The van der Waals surface area contributed by atoms with Gasteiger partial charge in [-0.15, -0.1) is 0 Å². The molecule has 0 saturated carbocycles. The SMILES string of the molecule is C[C@H](O)CNC(=O)C(=O)Nc1ccccc1C(F)(F)F. The number of hydrogen-bond donors (Lipinski definition) is 3. The van der Waals surface area contributed by atoms with Crippen molar-refractivity contribution in [3.8, 4) is 0 Å². The molecule has 0 aromatic heterocycles. The summed E-state index contributed by atoms with van der Waals surface area (Å²) in [6.45, 7) is 1.21. The minimum absolute atomic E-state index is 0.173. The van der Waals surface area contributed by atoms with E-state index in [1.807, 2.05) is 5.32 Å². The van der Waals surface area contributed by atoms with Crippen molar-refractivity contribution in [3.63, 3.8) is 0 Å². The molecule has 1 aromatic rings. The van der Waals surface area contributed by atoms with Crippen LogP contribution in [0, 0.1) is 0 Å². The number of carbonyl (C=O) groups excluding carboxylic acids is 2. The van der Waals surface area contributed by atoms with Crippen molar-refractivity contribution in [1.29, 1.82) is 0 Å². The first-order valence-corrected chi connectivity index (χ1v) is 5.65. The van der Waals surface area contributed by atoms with E-state index in [9.17, 15) is 22.8 Å². The molecule has 110 valence electrons. The van der Waals surface area contributed by atoms with Crippen molar-refractivity contribution in [2.24, 2.45) is 0 Å². The van der Waals surface area contributed by atoms with Gasteiger partial charge in [0.25, 0.3) is 0 Å². The van der Waals surface area contributed by atoms with Crippen molar-refractivity contribution >= 4 is 17.5 Å². The lowest BCUT2D eigenvalue weighted by Gasteiger charge is -2.13. The summed E-state index contributed by atoms with van der Waals surface area (Å²) < 4.78 is 38.0. The lowest BCUT2D eigenvalue weighted by Crippen LogP contribution is -2.39. The molecular weight excluding hydrogens is 277 g/mol. The highest BCUT2D eigenvalue weighted by Gasteiger charge is 2.33. The zero-order chi connectivity index (χ0) is 15.3. The largest absolute Gasteiger partial charge is 0.418 e. The Labute approximate surface area is 112 Å². The molecule has 0 saturated heterocycles. The number of nitrogens with one attached hydrogen (secondary N) is 2. The van der Waals surface area contributed by atoms with Crippen LogP contribution >= 0.6 is 0 Å². The van der Waals surface area contributed by atoms with Crippen molar-refractivity contribution in [3.05, 3.63) is 29.8 Å². The Balaban J connectivity index is 2.79. The second-order valence-electron chi connectivity index (χ2n) is 4.06. The summed E-state index contributed by atoms with van der Waals surface area (Å²) in [5.41, 5.74) is -1.55. The molecule has 1 rings (SSSR count). The molecule has 0 radical (unpaired) electrons. The number of aliphatic hydroxyl groups excluding tert-OH is 1. The normalized spacial score (nSPS) is 12.7. The highest BCUT2D eigenvalue weighted by atomic mass is 19.4. The molecule has 0 aliphatic rings. The average Bonchev–Trinajstić information content (AvgIpc) is 2.35. The molecular formula is C12H13F3N2O3. The number of carbonyl (C=O) groups is 2. The van der Waals surface area contributed by atoms with Crippen LogP contribution in [0.25, 0.3) is 0 Å². The third-order valence-electron chi connectivity index (χ3n) is 2.24. The first kappa shape index (κ1) is 16.0. The van der Waals surface area contributed by atoms with E-state index in [0.29, 0.717) is 0 Å². The van der Waals surface area contributed by atoms with Gasteiger partial charge in [0.1, 0.15) is 0 Å². The third-order valence-corrected chi connectivity index (χ3v) is 2.24. The molecule has 0 unspecified atom stereocenters. The Morgan fingerprint density at radius 2 is 1.85 bits per heavy atom. The van der Waals surface area contributed by atoms with Gasteiger partial charge in [-0.05, 0) is 19.1 Å². The number of aliphatic hydroxyl groups is 1. The fourth-order valence-corrected chi connectivity index (χ4v) is 1.34. The number of anilines is 1. The van der Waals surface area contributed by atoms with Gasteiger partial charge in [0.05, 0.1) is 17.4 Å². The van der Waals surface area contributed by atoms with Crippen molar-refractivity contribution in [2.75, 3.05) is 11.9 Å². The number of alkyl halides is 3. The van der Waals surface area contributed by atoms with Gasteiger partial charge < -0.3 is 15.7 Å². The van der Waals surface area contributed by atoms with Crippen molar-refractivity contribution < 1.29 is 27.9 Å². The number of para-hydroxylation sites is 1. The van der Waals surface area contributed by atoms with E-state index in [1.165, 1.54) is 19.1 Å². The van der Waals surface area contributed by atoms with Crippen LogP contribution in [-0.2, 0) is 15.8 Å². The van der Waals surface area contributed by atoms with Gasteiger partial charge in [-0.25, -0.2) is 0 Å². The van der Waals surface area contributed by atoms with Crippen LogP contribution in [0.3, 0.4) is 0 Å². The molecule has 0 aliphatic heterocycles. The summed E-state index contributed by atoms with van der Waals surface area (Å²) in [5, 5.41) is 12.9. The second-order valence-corrected chi connectivity index (χ2v) is 4.06. The number of rotatable bonds is 3. The maximum absolute atomic E-state index is 12.7. The zero-order valence-electron chi connectivity index (χ0n) is 10.5. The maximum Gasteiger partial charge on any atom is 0.418 e. The smallest absolute Gasteiger partial charge is 0.392 e. The van der Waals surface area contributed by atoms with Crippen LogP contribution in [0.5, 0.6) is 0 Å². The van der Waals surface area contributed by atoms with Crippen LogP contribution in [0.2, 0.25) is 0 Å². The number of hydrogen-bond acceptors (Lipinski definition) is 3. The van der Waals surface area contributed by atoms with E-state index in [0.717, 1.165) is 12.1 Å². The summed E-state index contributed by atoms with van der Waals surface area (Å²) in [4.78, 5) is 22.7. The Hall–Kier alpha value is -2.09. The maximum atomic E-state index is 12.7. The van der Waals surface area contributed by atoms with Gasteiger partial charge in [-0.1, -0.05) is 12.1 Å². The van der Waals surface area contributed by atoms with Gasteiger partial charge in [0.15, 0.2) is 0 Å². The lowest BCUT2D eigenvalue weighted by atomic mass is 10.1. The van der Waals surface area contributed by atoms with E-state index in [2.05, 4.69) is 5.32 Å². The Kier molecular flexibility index (Phi) is 5.09. The van der Waals surface area contributed by atoms with Gasteiger partial charge in [0, 0.05) is 6.54 Å². The number of amides is 2. The van der Waals surface area contributed by atoms with E-state index in [1.54, 1.807) is 0 Å². The van der Waals surface area contributed by atoms with Gasteiger partial charge >= 0.3 is 18.0 Å². The minimum atomic E-state index is -4.64. The molecule has 0 heterocycles. The Morgan fingerprint density at radius 3 is 2.40 bits per heavy atom. The highest BCUT2D eigenvalue weighted by molar-refractivity contribution is 6.39. The highest BCUT2D eigenvalue weighted by Crippen LogP contribution is 2.34. The Morgan fingerprint density at radius 1 is 1.25 bits per heavy atom. The third kappa shape index (κ3) is 4.54. The van der Waals surface area contributed by atoms with Gasteiger partial charge in [-0.3, -0.25) is 9.59 Å².